The SMILES string of the molecule is CC(C)(C)[Si](C)(C)O[C@@H]1C(OP(=O)(OCCC#N)OC[C@H]2O[C@@H](n3cnc4c(NC(=O)c5ccccc5)ncnc43)C(F)[C@H]2O[PH](=O)O)[C@H](n2cnc3c(NC(=O)c4ccccc4)ncnc32)O[C@@H]1CO. The number of fused-ring (bicyclic) bond motifs is 2. The summed E-state index contributed by atoms with van der Waals surface area (Å²) in [6, 6.07) is 18.6. The number of hydrogen-bond donors (Lipinski definition) is 4. The van der Waals surface area contributed by atoms with Crippen LogP contribution in [0.15, 0.2) is 86.0 Å². The molecule has 6 heterocycles. The van der Waals surface area contributed by atoms with Gasteiger partial charge in [-0.15, -0.1) is 0 Å². The molecule has 6 aromatic rings. The van der Waals surface area contributed by atoms with Crippen LogP contribution < -0.4 is 10.6 Å². The Morgan fingerprint density at radius 3 is 1.87 bits per heavy atom. The molecule has 4 N–H and O–H groups in total. The van der Waals surface area contributed by atoms with Crippen LogP contribution in [-0.4, -0.2) is 126 Å². The summed E-state index contributed by atoms with van der Waals surface area (Å²) in [5, 5.41) is 25.2. The van der Waals surface area contributed by atoms with Gasteiger partial charge in [0.05, 0.1) is 45.0 Å². The van der Waals surface area contributed by atoms with Crippen LogP contribution in [0.3, 0.4) is 0 Å². The van der Waals surface area contributed by atoms with Crippen LogP contribution in [-0.2, 0) is 41.1 Å². The number of phosphoric ester groups is 1. The molecule has 2 aliphatic heterocycles. The molecule has 2 amide bonds. The second-order valence-electron chi connectivity index (χ2n) is 17.7. The summed E-state index contributed by atoms with van der Waals surface area (Å²) in [6.45, 7) is 7.86. The Balaban J connectivity index is 1.10. The summed E-state index contributed by atoms with van der Waals surface area (Å²) in [6.07, 6.45) is -7.93. The number of nitrogens with one attached hydrogen (secondary N) is 2. The molecular formula is C43H50FN11O13P2Si. The first-order valence-corrected chi connectivity index (χ1v) is 27.7. The Morgan fingerprint density at radius 1 is 0.831 bits per heavy atom. The van der Waals surface area contributed by atoms with Gasteiger partial charge in [-0.2, -0.15) is 5.26 Å². The van der Waals surface area contributed by atoms with Crippen molar-refractivity contribution in [3.05, 3.63) is 97.1 Å². The number of nitriles is 1. The van der Waals surface area contributed by atoms with E-state index in [1.54, 1.807) is 60.7 Å². The number of amides is 2. The van der Waals surface area contributed by atoms with E-state index in [1.807, 2.05) is 39.9 Å². The Morgan fingerprint density at radius 2 is 1.37 bits per heavy atom. The van der Waals surface area contributed by atoms with E-state index in [0.29, 0.717) is 11.1 Å². The minimum Gasteiger partial charge on any atom is -0.408 e. The van der Waals surface area contributed by atoms with Crippen molar-refractivity contribution in [1.29, 1.82) is 5.26 Å². The quantitative estimate of drug-likeness (QED) is 0.0417. The number of hydrogen-bond acceptors (Lipinski definition) is 19. The number of phosphoric acid groups is 1. The van der Waals surface area contributed by atoms with Gasteiger partial charge < -0.3 is 39.1 Å². The molecule has 2 fully saturated rings. The van der Waals surface area contributed by atoms with Gasteiger partial charge in [0.2, 0.25) is 0 Å². The smallest absolute Gasteiger partial charge is 0.408 e. The first-order valence-electron chi connectivity index (χ1n) is 22.1. The van der Waals surface area contributed by atoms with Gasteiger partial charge in [0.1, 0.15) is 43.2 Å². The lowest BCUT2D eigenvalue weighted by atomic mass is 10.1. The highest BCUT2D eigenvalue weighted by molar-refractivity contribution is 7.48. The molecule has 4 aromatic heterocycles. The van der Waals surface area contributed by atoms with E-state index in [0.717, 1.165) is 6.33 Å². The van der Waals surface area contributed by atoms with Gasteiger partial charge in [-0.05, 0) is 42.4 Å². The lowest BCUT2D eigenvalue weighted by molar-refractivity contribution is -0.0615. The van der Waals surface area contributed by atoms with E-state index in [1.165, 1.54) is 28.1 Å². The van der Waals surface area contributed by atoms with Crippen LogP contribution in [0, 0.1) is 11.3 Å². The second-order valence-corrected chi connectivity index (χ2v) is 24.9. The molecule has 10 atom stereocenters. The van der Waals surface area contributed by atoms with Crippen molar-refractivity contribution >= 4 is 70.2 Å². The average Bonchev–Trinajstić information content (AvgIpc) is 4.12. The number of aliphatic hydroxyl groups excluding tert-OH is 1. The Hall–Kier alpha value is -5.78. The van der Waals surface area contributed by atoms with Crippen LogP contribution in [0.5, 0.6) is 0 Å². The van der Waals surface area contributed by atoms with Crippen LogP contribution in [0.4, 0.5) is 16.0 Å². The minimum atomic E-state index is -5.01. The van der Waals surface area contributed by atoms with E-state index >= 15 is 8.96 Å². The molecule has 2 saturated heterocycles. The highest BCUT2D eigenvalue weighted by Crippen LogP contribution is 2.56. The van der Waals surface area contributed by atoms with Crippen LogP contribution in [0.2, 0.25) is 18.1 Å². The number of carbonyl (C=O) groups is 2. The van der Waals surface area contributed by atoms with E-state index in [9.17, 15) is 29.4 Å². The molecule has 0 aliphatic carbocycles. The Bertz CT molecular complexity index is 2980. The van der Waals surface area contributed by atoms with Crippen LogP contribution >= 0.6 is 16.1 Å². The highest BCUT2D eigenvalue weighted by atomic mass is 31.2. The number of nitrogens with zero attached hydrogens (tertiary/aromatic N) is 9. The number of rotatable bonds is 19. The molecular weight excluding hydrogens is 988 g/mol. The zero-order valence-electron chi connectivity index (χ0n) is 38.8. The van der Waals surface area contributed by atoms with E-state index in [2.05, 4.69) is 40.5 Å². The summed E-state index contributed by atoms with van der Waals surface area (Å²) in [5.74, 6) is -0.934. The largest absolute Gasteiger partial charge is 0.475 e. The average molecular weight is 1040 g/mol. The Labute approximate surface area is 406 Å². The number of halogens is 1. The molecule has 2 aliphatic rings. The van der Waals surface area contributed by atoms with E-state index < -0.39 is 110 Å². The fourth-order valence-corrected chi connectivity index (χ4v) is 10.8. The molecule has 0 saturated carbocycles. The van der Waals surface area contributed by atoms with Gasteiger partial charge in [0, 0.05) is 11.1 Å². The molecule has 376 valence electrons. The maximum atomic E-state index is 16.6. The Kier molecular flexibility index (Phi) is 15.6. The maximum Gasteiger partial charge on any atom is 0.475 e. The number of benzene rings is 2. The third-order valence-electron chi connectivity index (χ3n) is 12.1. The van der Waals surface area contributed by atoms with Crippen molar-refractivity contribution in [2.24, 2.45) is 0 Å². The summed E-state index contributed by atoms with van der Waals surface area (Å²) in [7, 11) is -11.7. The van der Waals surface area contributed by atoms with Gasteiger partial charge in [0.25, 0.3) is 11.8 Å². The molecule has 8 rings (SSSR count). The molecule has 0 radical (unpaired) electrons. The minimum absolute atomic E-state index is 0.00306. The fourth-order valence-electron chi connectivity index (χ4n) is 7.57. The molecule has 71 heavy (non-hydrogen) atoms. The van der Waals surface area contributed by atoms with Gasteiger partial charge >= 0.3 is 16.1 Å². The van der Waals surface area contributed by atoms with Crippen LogP contribution in [0.1, 0.15) is 60.4 Å². The number of imidazole rings is 2. The number of aliphatic hydroxyl groups is 1. The molecule has 24 nitrogen and oxygen atoms in total. The first kappa shape index (κ1) is 51.6. The van der Waals surface area contributed by atoms with E-state index in [4.69, 9.17) is 32.0 Å². The standard InChI is InChI=1S/C43H50FN11O13P2Si/c1-43(2,3)71(4,5)68-33-27(19-56)64-42(55-24-51-31-36(47-22-49-38(31)55)53-40(58)26-15-10-7-11-16-26)34(33)67-70(61,62-18-12-17-45)63-20-28-32(66-69(59)60)29(44)41(65-28)54-23-50-30-35(46-21-48-37(30)54)52-39(57)25-13-8-6-9-14-25/h6-11,13-16,21-24,27-29,32-34,41-42,56,69H,12,18-20H2,1-5H3,(H,59,60)(H,46,48,52,57)(H,47,49,53,58)/t27-,28-,29?,32+,33+,34?,41-,42-,70?/m1/s1. The van der Waals surface area contributed by atoms with Crippen molar-refractivity contribution in [2.45, 2.75) is 94.5 Å². The lowest BCUT2D eigenvalue weighted by Gasteiger charge is -2.40. The number of carbonyl (C=O) groups excluding carboxylic acids is 2. The topological polar surface area (TPSA) is 308 Å². The van der Waals surface area contributed by atoms with Gasteiger partial charge in [0.15, 0.2) is 60.9 Å². The van der Waals surface area contributed by atoms with E-state index in [-0.39, 0.29) is 40.4 Å². The van der Waals surface area contributed by atoms with Crippen molar-refractivity contribution in [3.8, 4) is 6.07 Å². The summed E-state index contributed by atoms with van der Waals surface area (Å²) in [4.78, 5) is 61.9. The molecule has 0 spiro atoms. The number of aromatic nitrogens is 8. The monoisotopic (exact) mass is 1040 g/mol. The molecule has 0 bridgehead atoms. The number of alkyl halides is 1. The predicted octanol–water partition coefficient (Wildman–Crippen LogP) is 5.89. The fraction of sp³-hybridized carbons (Fsp3) is 0.419. The zero-order chi connectivity index (χ0) is 50.7. The van der Waals surface area contributed by atoms with Gasteiger partial charge in [-0.1, -0.05) is 57.2 Å². The summed E-state index contributed by atoms with van der Waals surface area (Å²) < 4.78 is 89.0. The van der Waals surface area contributed by atoms with Crippen molar-refractivity contribution < 1.29 is 65.1 Å². The molecule has 2 aromatic carbocycles. The number of anilines is 2. The first-order chi connectivity index (χ1) is 33.9. The normalized spacial score (nSPS) is 23.9. The predicted molar refractivity (Wildman–Crippen MR) is 252 cm³/mol. The third kappa shape index (κ3) is 11.2. The van der Waals surface area contributed by atoms with Gasteiger partial charge in [-0.3, -0.25) is 36.9 Å². The summed E-state index contributed by atoms with van der Waals surface area (Å²) in [5.41, 5.74) is 0.987. The van der Waals surface area contributed by atoms with Crippen LogP contribution in [0.25, 0.3) is 22.3 Å². The van der Waals surface area contributed by atoms with Gasteiger partial charge in [-0.25, -0.2) is 38.9 Å². The second kappa shape index (κ2) is 21.5. The number of ether oxygens (including phenoxy) is 2. The van der Waals surface area contributed by atoms with Crippen molar-refractivity contribution in [1.82, 2.24) is 39.0 Å². The highest BCUT2D eigenvalue weighted by Gasteiger charge is 2.55. The zero-order valence-corrected chi connectivity index (χ0v) is 41.7. The summed E-state index contributed by atoms with van der Waals surface area (Å²) >= 11 is 0. The lowest BCUT2D eigenvalue weighted by Crippen LogP contribution is -2.50. The molecule has 4 unspecified atom stereocenters. The van der Waals surface area contributed by atoms with Crippen molar-refractivity contribution in [2.75, 3.05) is 30.5 Å². The van der Waals surface area contributed by atoms with Crippen molar-refractivity contribution in [3.63, 3.8) is 0 Å². The third-order valence-corrected chi connectivity index (χ3v) is 18.5. The molecule has 28 heteroatoms. The maximum absolute atomic E-state index is 16.6.